The van der Waals surface area contributed by atoms with E-state index in [1.165, 1.54) is 25.7 Å². The zero-order valence-electron chi connectivity index (χ0n) is 19.1. The van der Waals surface area contributed by atoms with E-state index in [1.54, 1.807) is 0 Å². The van der Waals surface area contributed by atoms with Gasteiger partial charge in [0.15, 0.2) is 0 Å². The minimum absolute atomic E-state index is 0.735. The van der Waals surface area contributed by atoms with Crippen LogP contribution in [0.4, 0.5) is 11.9 Å². The summed E-state index contributed by atoms with van der Waals surface area (Å²) in [5.74, 6) is 1.63. The number of imidazole rings is 2. The van der Waals surface area contributed by atoms with Crippen molar-refractivity contribution in [2.24, 2.45) is 0 Å². The summed E-state index contributed by atoms with van der Waals surface area (Å²) in [6.45, 7) is 1.84. The van der Waals surface area contributed by atoms with Crippen LogP contribution in [0.25, 0.3) is 22.5 Å². The van der Waals surface area contributed by atoms with Gasteiger partial charge in [0, 0.05) is 23.1 Å². The van der Waals surface area contributed by atoms with Crippen LogP contribution in [0.3, 0.4) is 0 Å². The summed E-state index contributed by atoms with van der Waals surface area (Å²) < 4.78 is 0. The van der Waals surface area contributed by atoms with Crippen LogP contribution in [-0.2, 0) is 0 Å². The third kappa shape index (κ3) is 7.27. The summed E-state index contributed by atoms with van der Waals surface area (Å²) in [5, 5.41) is 8.22. The van der Waals surface area contributed by atoms with Crippen molar-refractivity contribution in [3.05, 3.63) is 71.0 Å². The number of nitrogens with zero attached hydrogens (tertiary/aromatic N) is 2. The Hall–Kier alpha value is -2.96. The molecule has 0 radical (unpaired) electrons. The minimum atomic E-state index is 0.735. The Labute approximate surface area is 210 Å². The monoisotopic (exact) mass is 496 g/mol. The van der Waals surface area contributed by atoms with Crippen molar-refractivity contribution in [3.63, 3.8) is 0 Å². The number of aromatic amines is 2. The van der Waals surface area contributed by atoms with Crippen LogP contribution >= 0.6 is 23.2 Å². The molecule has 0 atom stereocenters. The first-order valence-corrected chi connectivity index (χ1v) is 12.5. The van der Waals surface area contributed by atoms with Crippen molar-refractivity contribution in [2.45, 2.75) is 38.5 Å². The van der Waals surface area contributed by atoms with E-state index in [0.29, 0.717) is 0 Å². The van der Waals surface area contributed by atoms with E-state index in [2.05, 4.69) is 30.6 Å². The lowest BCUT2D eigenvalue weighted by atomic mass is 10.1. The van der Waals surface area contributed by atoms with Crippen LogP contribution in [0.5, 0.6) is 0 Å². The lowest BCUT2D eigenvalue weighted by Gasteiger charge is -2.05. The lowest BCUT2D eigenvalue weighted by Crippen LogP contribution is -2.03. The van der Waals surface area contributed by atoms with Crippen molar-refractivity contribution in [1.29, 1.82) is 0 Å². The number of rotatable bonds is 13. The number of H-pyrrole nitrogens is 2. The fraction of sp³-hybridized carbons (Fsp3) is 0.308. The van der Waals surface area contributed by atoms with E-state index in [-0.39, 0.29) is 0 Å². The molecule has 0 aliphatic rings. The Balaban J connectivity index is 1.03. The van der Waals surface area contributed by atoms with Crippen molar-refractivity contribution >= 4 is 35.1 Å². The predicted molar refractivity (Wildman–Crippen MR) is 143 cm³/mol. The number of nitrogens with one attached hydrogen (secondary N) is 4. The molecule has 0 amide bonds. The second-order valence-electron chi connectivity index (χ2n) is 8.28. The van der Waals surface area contributed by atoms with Crippen molar-refractivity contribution < 1.29 is 0 Å². The smallest absolute Gasteiger partial charge is 0.200 e. The molecule has 0 aliphatic heterocycles. The van der Waals surface area contributed by atoms with Crippen molar-refractivity contribution in [2.75, 3.05) is 23.7 Å². The van der Waals surface area contributed by atoms with E-state index in [0.717, 1.165) is 70.4 Å². The van der Waals surface area contributed by atoms with E-state index in [9.17, 15) is 0 Å². The maximum Gasteiger partial charge on any atom is 0.200 e. The SMILES string of the molecule is Clc1ccc(-c2cnc(NCCCCCCCCNc3ncc(-c4ccc(Cl)cc4)[nH]3)[nH]2)cc1. The molecular formula is C26H30Cl2N6. The standard InChI is InChI=1S/C26H30Cl2N6/c27-21-11-7-19(8-12-21)23-17-31-25(33-23)29-15-5-3-1-2-4-6-16-30-26-32-18-24(34-26)20-9-13-22(28)14-10-20/h7-14,17-18H,1-6,15-16H2,(H2,29,31,33)(H2,30,32,34). The van der Waals surface area contributed by atoms with Gasteiger partial charge in [-0.05, 0) is 48.2 Å². The van der Waals surface area contributed by atoms with Gasteiger partial charge in [0.1, 0.15) is 0 Å². The fourth-order valence-electron chi connectivity index (χ4n) is 3.75. The highest BCUT2D eigenvalue weighted by molar-refractivity contribution is 6.30. The maximum absolute atomic E-state index is 5.95. The molecule has 178 valence electrons. The predicted octanol–water partition coefficient (Wildman–Crippen LogP) is 7.64. The first-order valence-electron chi connectivity index (χ1n) is 11.8. The fourth-order valence-corrected chi connectivity index (χ4v) is 4.00. The van der Waals surface area contributed by atoms with E-state index < -0.39 is 0 Å². The molecule has 2 aromatic carbocycles. The lowest BCUT2D eigenvalue weighted by molar-refractivity contribution is 0.609. The van der Waals surface area contributed by atoms with Crippen LogP contribution < -0.4 is 10.6 Å². The number of unbranched alkanes of at least 4 members (excludes halogenated alkanes) is 5. The number of hydrogen-bond acceptors (Lipinski definition) is 4. The zero-order chi connectivity index (χ0) is 23.6. The van der Waals surface area contributed by atoms with Crippen LogP contribution in [0, 0.1) is 0 Å². The molecule has 4 N–H and O–H groups in total. The summed E-state index contributed by atoms with van der Waals surface area (Å²) in [7, 11) is 0. The average molecular weight is 497 g/mol. The summed E-state index contributed by atoms with van der Waals surface area (Å²) >= 11 is 11.9. The highest BCUT2D eigenvalue weighted by atomic mass is 35.5. The highest BCUT2D eigenvalue weighted by Gasteiger charge is 2.04. The van der Waals surface area contributed by atoms with Gasteiger partial charge in [-0.2, -0.15) is 0 Å². The van der Waals surface area contributed by atoms with Crippen LogP contribution in [0.15, 0.2) is 60.9 Å². The Morgan fingerprint density at radius 3 is 1.35 bits per heavy atom. The van der Waals surface area contributed by atoms with E-state index in [1.807, 2.05) is 60.9 Å². The molecule has 2 aromatic heterocycles. The van der Waals surface area contributed by atoms with Gasteiger partial charge in [-0.1, -0.05) is 73.2 Å². The Kier molecular flexibility index (Phi) is 8.88. The maximum atomic E-state index is 5.95. The number of aromatic nitrogens is 4. The molecule has 6 nitrogen and oxygen atoms in total. The number of benzene rings is 2. The van der Waals surface area contributed by atoms with Crippen molar-refractivity contribution in [1.82, 2.24) is 19.9 Å². The highest BCUT2D eigenvalue weighted by Crippen LogP contribution is 2.22. The van der Waals surface area contributed by atoms with Gasteiger partial charge < -0.3 is 20.6 Å². The number of halogens is 2. The third-order valence-electron chi connectivity index (χ3n) is 5.65. The van der Waals surface area contributed by atoms with Gasteiger partial charge >= 0.3 is 0 Å². The van der Waals surface area contributed by atoms with Crippen molar-refractivity contribution in [3.8, 4) is 22.5 Å². The number of hydrogen-bond donors (Lipinski definition) is 4. The van der Waals surface area contributed by atoms with Gasteiger partial charge in [0.25, 0.3) is 0 Å². The molecule has 8 heteroatoms. The van der Waals surface area contributed by atoms with Gasteiger partial charge in [0.05, 0.1) is 23.8 Å². The first-order chi connectivity index (χ1) is 16.7. The summed E-state index contributed by atoms with van der Waals surface area (Å²) in [5.41, 5.74) is 4.13. The molecule has 0 unspecified atom stereocenters. The summed E-state index contributed by atoms with van der Waals surface area (Å²) in [6, 6.07) is 15.5. The molecule has 0 fully saturated rings. The average Bonchev–Trinajstić information content (AvgIpc) is 3.51. The quantitative estimate of drug-likeness (QED) is 0.143. The molecule has 0 spiro atoms. The van der Waals surface area contributed by atoms with Crippen LogP contribution in [0.1, 0.15) is 38.5 Å². The number of anilines is 2. The van der Waals surface area contributed by atoms with E-state index >= 15 is 0 Å². The second kappa shape index (κ2) is 12.5. The third-order valence-corrected chi connectivity index (χ3v) is 6.15. The van der Waals surface area contributed by atoms with Gasteiger partial charge in [0.2, 0.25) is 11.9 Å². The van der Waals surface area contributed by atoms with Crippen LogP contribution in [-0.4, -0.2) is 33.0 Å². The van der Waals surface area contributed by atoms with Crippen LogP contribution in [0.2, 0.25) is 10.0 Å². The molecule has 4 aromatic rings. The topological polar surface area (TPSA) is 81.4 Å². The normalized spacial score (nSPS) is 11.0. The van der Waals surface area contributed by atoms with Gasteiger partial charge in [-0.25, -0.2) is 9.97 Å². The minimum Gasteiger partial charge on any atom is -0.356 e. The molecule has 0 saturated carbocycles. The first kappa shape index (κ1) is 24.2. The molecule has 4 rings (SSSR count). The summed E-state index contributed by atoms with van der Waals surface area (Å²) in [6.07, 6.45) is 10.9. The Bertz CT molecular complexity index is 1040. The molecule has 0 saturated heterocycles. The molecule has 0 bridgehead atoms. The van der Waals surface area contributed by atoms with E-state index in [4.69, 9.17) is 23.2 Å². The Morgan fingerprint density at radius 1 is 0.559 bits per heavy atom. The Morgan fingerprint density at radius 2 is 0.941 bits per heavy atom. The van der Waals surface area contributed by atoms with Gasteiger partial charge in [-0.15, -0.1) is 0 Å². The molecular weight excluding hydrogens is 467 g/mol. The van der Waals surface area contributed by atoms with Gasteiger partial charge in [-0.3, -0.25) is 0 Å². The zero-order valence-corrected chi connectivity index (χ0v) is 20.6. The largest absolute Gasteiger partial charge is 0.356 e. The second-order valence-corrected chi connectivity index (χ2v) is 9.15. The molecule has 2 heterocycles. The molecule has 0 aliphatic carbocycles. The molecule has 34 heavy (non-hydrogen) atoms. The summed E-state index contributed by atoms with van der Waals surface area (Å²) in [4.78, 5) is 15.5.